The lowest BCUT2D eigenvalue weighted by molar-refractivity contribution is -0.109. The van der Waals surface area contributed by atoms with Crippen LogP contribution in [0.5, 0.6) is 0 Å². The maximum Gasteiger partial charge on any atom is 0.277 e. The quantitative estimate of drug-likeness (QED) is 0.544. The van der Waals surface area contributed by atoms with Crippen LogP contribution in [0.15, 0.2) is 29.3 Å². The summed E-state index contributed by atoms with van der Waals surface area (Å²) in [5.41, 5.74) is 2.70. The van der Waals surface area contributed by atoms with Crippen LogP contribution in [0.2, 0.25) is 0 Å². The molecular formula is C26H38N6O2. The van der Waals surface area contributed by atoms with Crippen LogP contribution < -0.4 is 5.56 Å². The van der Waals surface area contributed by atoms with Crippen molar-refractivity contribution >= 4 is 11.0 Å². The molecular weight excluding hydrogens is 428 g/mol. The number of aromatic nitrogens is 5. The van der Waals surface area contributed by atoms with Crippen LogP contribution in [0.4, 0.5) is 0 Å². The highest BCUT2D eigenvalue weighted by molar-refractivity contribution is 5.72. The summed E-state index contributed by atoms with van der Waals surface area (Å²) in [6.07, 6.45) is 6.22. The van der Waals surface area contributed by atoms with Crippen LogP contribution in [0.3, 0.4) is 0 Å². The molecule has 0 unspecified atom stereocenters. The summed E-state index contributed by atoms with van der Waals surface area (Å²) in [6, 6.07) is 4.27. The predicted octanol–water partition coefficient (Wildman–Crippen LogP) is 3.74. The Balaban J connectivity index is 1.61. The maximum absolute atomic E-state index is 12.6. The van der Waals surface area contributed by atoms with Gasteiger partial charge in [0.15, 0.2) is 5.52 Å². The number of aryl methyl sites for hydroxylation is 3. The van der Waals surface area contributed by atoms with E-state index in [9.17, 15) is 4.79 Å². The van der Waals surface area contributed by atoms with E-state index < -0.39 is 0 Å². The van der Waals surface area contributed by atoms with Crippen molar-refractivity contribution in [2.24, 2.45) is 12.5 Å². The van der Waals surface area contributed by atoms with E-state index in [2.05, 4.69) is 66.7 Å². The van der Waals surface area contributed by atoms with Crippen LogP contribution in [-0.2, 0) is 23.7 Å². The largest absolute Gasteiger partial charge is 0.375 e. The Kier molecular flexibility index (Phi) is 6.42. The molecule has 0 radical (unpaired) electrons. The first kappa shape index (κ1) is 24.5. The second kappa shape index (κ2) is 8.89. The van der Waals surface area contributed by atoms with Crippen LogP contribution in [0.25, 0.3) is 11.0 Å². The van der Waals surface area contributed by atoms with Crippen LogP contribution in [0.1, 0.15) is 64.5 Å². The molecule has 8 heteroatoms. The number of H-pyrrole nitrogens is 1. The summed E-state index contributed by atoms with van der Waals surface area (Å²) in [5, 5.41) is 4.19. The topological polar surface area (TPSA) is 88.9 Å². The molecule has 1 aliphatic rings. The Bertz CT molecular complexity index is 1210. The minimum atomic E-state index is -0.323. The molecule has 0 aliphatic carbocycles. The maximum atomic E-state index is 12.6. The second-order valence-corrected chi connectivity index (χ2v) is 10.7. The molecule has 8 nitrogen and oxygen atoms in total. The fourth-order valence-corrected chi connectivity index (χ4v) is 5.48. The number of nitrogens with one attached hydrogen (secondary N) is 1. The number of ether oxygens (including phenoxy) is 1. The number of nitrogens with zero attached hydrogens (tertiary/aromatic N) is 5. The highest BCUT2D eigenvalue weighted by Crippen LogP contribution is 2.49. The molecule has 1 N–H and O–H groups in total. The molecule has 0 amide bonds. The average molecular weight is 467 g/mol. The van der Waals surface area contributed by atoms with Gasteiger partial charge < -0.3 is 9.72 Å². The summed E-state index contributed by atoms with van der Waals surface area (Å²) in [4.78, 5) is 27.4. The van der Waals surface area contributed by atoms with Gasteiger partial charge in [0.05, 0.1) is 11.8 Å². The molecule has 184 valence electrons. The van der Waals surface area contributed by atoms with Crippen LogP contribution in [0, 0.1) is 12.3 Å². The van der Waals surface area contributed by atoms with Gasteiger partial charge in [-0.25, -0.2) is 4.98 Å². The lowest BCUT2D eigenvalue weighted by atomic mass is 9.69. The molecule has 0 bridgehead atoms. The van der Waals surface area contributed by atoms with Gasteiger partial charge in [0, 0.05) is 49.5 Å². The molecule has 4 heterocycles. The Morgan fingerprint density at radius 1 is 1.21 bits per heavy atom. The smallest absolute Gasteiger partial charge is 0.277 e. The van der Waals surface area contributed by atoms with Crippen molar-refractivity contribution in [3.63, 3.8) is 0 Å². The van der Waals surface area contributed by atoms with Gasteiger partial charge in [0.2, 0.25) is 0 Å². The zero-order chi connectivity index (χ0) is 24.7. The van der Waals surface area contributed by atoms with Gasteiger partial charge in [-0.1, -0.05) is 6.07 Å². The summed E-state index contributed by atoms with van der Waals surface area (Å²) in [6.45, 7) is 15.6. The molecule has 0 spiro atoms. The van der Waals surface area contributed by atoms with E-state index in [1.54, 1.807) is 17.9 Å². The molecule has 0 aromatic carbocycles. The number of rotatable bonds is 8. The number of aromatic amines is 1. The van der Waals surface area contributed by atoms with Crippen molar-refractivity contribution < 1.29 is 4.74 Å². The molecule has 4 rings (SSSR count). The van der Waals surface area contributed by atoms with E-state index in [1.807, 2.05) is 13.1 Å². The SMILES string of the molecule is CCOC(C)(C)[C@]1(CCc2nc3cnn(C)c3c(=O)[nH]2)CCN(C(C)(C)c2ccc(C)nc2)C1. The average Bonchev–Trinajstić information content (AvgIpc) is 3.38. The molecule has 1 aliphatic heterocycles. The number of likely N-dealkylation sites (tertiary alicyclic amines) is 1. The molecule has 1 fully saturated rings. The number of hydrogen-bond acceptors (Lipinski definition) is 6. The highest BCUT2D eigenvalue weighted by atomic mass is 16.5. The minimum absolute atomic E-state index is 0.0825. The normalized spacial score (nSPS) is 19.9. The lowest BCUT2D eigenvalue weighted by Crippen LogP contribution is -2.50. The van der Waals surface area contributed by atoms with Gasteiger partial charge in [-0.2, -0.15) is 5.10 Å². The van der Waals surface area contributed by atoms with Crippen molar-refractivity contribution in [1.29, 1.82) is 0 Å². The van der Waals surface area contributed by atoms with E-state index in [-0.39, 0.29) is 22.1 Å². The molecule has 1 saturated heterocycles. The zero-order valence-corrected chi connectivity index (χ0v) is 21.6. The van der Waals surface area contributed by atoms with Crippen molar-refractivity contribution in [3.05, 3.63) is 52.0 Å². The van der Waals surface area contributed by atoms with Crippen molar-refractivity contribution in [3.8, 4) is 0 Å². The van der Waals surface area contributed by atoms with Gasteiger partial charge in [-0.05, 0) is 72.6 Å². The fraction of sp³-hybridized carbons (Fsp3) is 0.615. The Labute approximate surface area is 201 Å². The summed E-state index contributed by atoms with van der Waals surface area (Å²) in [5.74, 6) is 0.706. The zero-order valence-electron chi connectivity index (χ0n) is 21.6. The first-order valence-corrected chi connectivity index (χ1v) is 12.2. The molecule has 3 aromatic rings. The summed E-state index contributed by atoms with van der Waals surface area (Å²) >= 11 is 0. The summed E-state index contributed by atoms with van der Waals surface area (Å²) in [7, 11) is 1.76. The first-order valence-electron chi connectivity index (χ1n) is 12.2. The first-order chi connectivity index (χ1) is 16.0. The standard InChI is InChI=1S/C26H38N6O2/c1-8-34-25(5,6)26(12-11-21-29-20-16-28-31(7)22(20)23(33)30-21)13-14-32(17-26)24(3,4)19-10-9-18(2)27-15-19/h9-10,15-16H,8,11-14,17H2,1-7H3,(H,29,30,33)/t26-/m1/s1. The Morgan fingerprint density at radius 3 is 2.65 bits per heavy atom. The minimum Gasteiger partial charge on any atom is -0.375 e. The second-order valence-electron chi connectivity index (χ2n) is 10.7. The van der Waals surface area contributed by atoms with E-state index in [1.165, 1.54) is 5.56 Å². The monoisotopic (exact) mass is 466 g/mol. The van der Waals surface area contributed by atoms with E-state index in [4.69, 9.17) is 9.72 Å². The third kappa shape index (κ3) is 4.29. The number of pyridine rings is 1. The molecule has 34 heavy (non-hydrogen) atoms. The number of hydrogen-bond donors (Lipinski definition) is 1. The fourth-order valence-electron chi connectivity index (χ4n) is 5.48. The Morgan fingerprint density at radius 2 is 1.97 bits per heavy atom. The van der Waals surface area contributed by atoms with Gasteiger partial charge >= 0.3 is 0 Å². The Hall–Kier alpha value is -2.58. The number of fused-ring (bicyclic) bond motifs is 1. The predicted molar refractivity (Wildman–Crippen MR) is 134 cm³/mol. The van der Waals surface area contributed by atoms with E-state index in [0.29, 0.717) is 29.9 Å². The van der Waals surface area contributed by atoms with Gasteiger partial charge in [0.25, 0.3) is 5.56 Å². The van der Waals surface area contributed by atoms with Crippen LogP contribution >= 0.6 is 0 Å². The van der Waals surface area contributed by atoms with Gasteiger partial charge in [-0.3, -0.25) is 19.4 Å². The van der Waals surface area contributed by atoms with Crippen molar-refractivity contribution in [2.45, 2.75) is 71.9 Å². The van der Waals surface area contributed by atoms with Crippen molar-refractivity contribution in [2.75, 3.05) is 19.7 Å². The highest BCUT2D eigenvalue weighted by Gasteiger charge is 2.52. The lowest BCUT2D eigenvalue weighted by Gasteiger charge is -2.46. The van der Waals surface area contributed by atoms with E-state index in [0.717, 1.165) is 31.6 Å². The van der Waals surface area contributed by atoms with Gasteiger partial charge in [-0.15, -0.1) is 0 Å². The molecule has 3 aromatic heterocycles. The van der Waals surface area contributed by atoms with Crippen molar-refractivity contribution in [1.82, 2.24) is 29.6 Å². The third-order valence-corrected chi connectivity index (χ3v) is 8.03. The van der Waals surface area contributed by atoms with E-state index >= 15 is 0 Å². The van der Waals surface area contributed by atoms with Crippen LogP contribution in [-0.4, -0.2) is 54.9 Å². The summed E-state index contributed by atoms with van der Waals surface area (Å²) < 4.78 is 7.91. The van der Waals surface area contributed by atoms with Gasteiger partial charge in [0.1, 0.15) is 11.3 Å². The molecule has 1 atom stereocenters. The third-order valence-electron chi connectivity index (χ3n) is 8.03. The molecule has 0 saturated carbocycles.